The van der Waals surface area contributed by atoms with E-state index in [1.54, 1.807) is 6.08 Å². The average Bonchev–Trinajstić information content (AvgIpc) is 2.28. The van der Waals surface area contributed by atoms with E-state index in [4.69, 9.17) is 9.47 Å². The Hall–Kier alpha value is -3.41. The highest BCUT2D eigenvalue weighted by atomic mass is 16.7. The number of carbonyl (C=O) groups excluding carboxylic acids is 1. The maximum absolute atomic E-state index is 13.1. The van der Waals surface area contributed by atoms with Crippen molar-refractivity contribution in [1.82, 2.24) is 5.32 Å². The van der Waals surface area contributed by atoms with E-state index < -0.39 is 49.5 Å². The van der Waals surface area contributed by atoms with Crippen molar-refractivity contribution in [2.45, 2.75) is 365 Å². The molecule has 89 heavy (non-hydrogen) atoms. The van der Waals surface area contributed by atoms with Crippen LogP contribution >= 0.6 is 0 Å². The standard InChI is InChI=1S/C80H139NO8/c1-3-5-7-9-11-13-15-17-19-21-23-25-27-29-31-33-35-36-37-38-40-42-44-46-48-50-52-54-56-58-60-62-64-66-68-70-76(84)81-73(72-88-80-79(87)78(86)77(85)75(71-82)89-80)74(83)69-67-65-63-61-59-57-55-53-51-49-47-45-43-41-39-34-32-30-28-26-24-22-20-18-16-14-12-10-8-6-4-2/h5,7,11,13,17,19,23,25,29,31,35-36,38,40,44,46,59,61,67,69,73-75,77-80,82-83,85-87H,3-4,6,8-10,12,14-16,18,20-22,24,26-28,30,32-34,37,39,41-43,45,47-58,60,62-66,68,70-72H2,1-2H3,(H,81,84)/b7-5-,13-11-,19-17-,25-23-,31-29-,36-35-,40-38-,46-44-,61-59+,69-67+. The first-order valence-electron chi connectivity index (χ1n) is 37.3. The van der Waals surface area contributed by atoms with E-state index in [1.807, 2.05) is 6.08 Å². The molecule has 0 radical (unpaired) electrons. The fraction of sp³-hybridized carbons (Fsp3) is 0.738. The first-order valence-corrected chi connectivity index (χ1v) is 37.3. The Labute approximate surface area is 548 Å². The lowest BCUT2D eigenvalue weighted by Gasteiger charge is -2.40. The molecule has 0 bridgehead atoms. The fourth-order valence-corrected chi connectivity index (χ4v) is 11.3. The van der Waals surface area contributed by atoms with Crippen molar-refractivity contribution in [1.29, 1.82) is 0 Å². The lowest BCUT2D eigenvalue weighted by Crippen LogP contribution is -2.60. The molecule has 7 unspecified atom stereocenters. The summed E-state index contributed by atoms with van der Waals surface area (Å²) in [5.41, 5.74) is 0. The minimum absolute atomic E-state index is 0.193. The number of unbranched alkanes of at least 4 members (excludes halogenated alkanes) is 36. The normalized spacial score (nSPS) is 18.6. The Morgan fingerprint density at radius 3 is 1.08 bits per heavy atom. The molecular formula is C80H139NO8. The minimum Gasteiger partial charge on any atom is -0.394 e. The average molecular weight is 1240 g/mol. The highest BCUT2D eigenvalue weighted by Crippen LogP contribution is 2.23. The largest absolute Gasteiger partial charge is 0.394 e. The van der Waals surface area contributed by atoms with E-state index in [9.17, 15) is 30.3 Å². The van der Waals surface area contributed by atoms with Crippen molar-refractivity contribution in [3.63, 3.8) is 0 Å². The van der Waals surface area contributed by atoms with Gasteiger partial charge in [-0.25, -0.2) is 0 Å². The molecule has 1 saturated heterocycles. The summed E-state index contributed by atoms with van der Waals surface area (Å²) in [5.74, 6) is -0.193. The van der Waals surface area contributed by atoms with Crippen molar-refractivity contribution in [3.8, 4) is 0 Å². The summed E-state index contributed by atoms with van der Waals surface area (Å²) < 4.78 is 11.3. The number of nitrogens with one attached hydrogen (secondary N) is 1. The zero-order chi connectivity index (χ0) is 64.2. The number of hydrogen-bond acceptors (Lipinski definition) is 8. The number of carbonyl (C=O) groups is 1. The molecule has 0 spiro atoms. The van der Waals surface area contributed by atoms with E-state index in [0.29, 0.717) is 6.42 Å². The van der Waals surface area contributed by atoms with E-state index in [-0.39, 0.29) is 12.5 Å². The third-order valence-corrected chi connectivity index (χ3v) is 17.0. The van der Waals surface area contributed by atoms with Crippen LogP contribution in [0.2, 0.25) is 0 Å². The number of ether oxygens (including phenoxy) is 2. The number of amides is 1. The van der Waals surface area contributed by atoms with Gasteiger partial charge in [-0.2, -0.15) is 0 Å². The van der Waals surface area contributed by atoms with Crippen LogP contribution in [0.1, 0.15) is 322 Å². The van der Waals surface area contributed by atoms with Crippen molar-refractivity contribution < 1.29 is 39.8 Å². The van der Waals surface area contributed by atoms with E-state index >= 15 is 0 Å². The Morgan fingerprint density at radius 2 is 0.708 bits per heavy atom. The summed E-state index contributed by atoms with van der Waals surface area (Å²) in [6, 6.07) is -0.835. The molecule has 1 rings (SSSR count). The molecule has 1 aliphatic rings. The van der Waals surface area contributed by atoms with Gasteiger partial charge in [0.05, 0.1) is 25.4 Å². The summed E-state index contributed by atoms with van der Waals surface area (Å²) in [6.07, 6.45) is 94.6. The predicted octanol–water partition coefficient (Wildman–Crippen LogP) is 21.0. The summed E-state index contributed by atoms with van der Waals surface area (Å²) in [4.78, 5) is 13.1. The van der Waals surface area contributed by atoms with Gasteiger partial charge in [0.1, 0.15) is 24.4 Å². The second-order valence-electron chi connectivity index (χ2n) is 25.3. The maximum Gasteiger partial charge on any atom is 0.220 e. The summed E-state index contributed by atoms with van der Waals surface area (Å²) in [5, 5.41) is 54.8. The van der Waals surface area contributed by atoms with Crippen LogP contribution < -0.4 is 5.32 Å². The summed E-state index contributed by atoms with van der Waals surface area (Å²) in [6.45, 7) is 3.68. The second-order valence-corrected chi connectivity index (χ2v) is 25.3. The number of aliphatic hydroxyl groups is 5. The smallest absolute Gasteiger partial charge is 0.220 e. The SMILES string of the molecule is CC/C=C\C/C=C\C/C=C\C/C=C\C/C=C\C/C=C\C/C=C\C/C=C\CCCCCCCCCCCCC(=O)NC(COC1OC(CO)C(O)C(O)C1O)C(O)/C=C/CC/C=C/CCCCCCCCCCCCCCCCCCCCCCCCCCC. The van der Waals surface area contributed by atoms with Gasteiger partial charge in [0.2, 0.25) is 5.91 Å². The highest BCUT2D eigenvalue weighted by molar-refractivity contribution is 5.76. The van der Waals surface area contributed by atoms with Gasteiger partial charge in [0.15, 0.2) is 6.29 Å². The van der Waals surface area contributed by atoms with Crippen LogP contribution in [-0.2, 0) is 14.3 Å². The quantitative estimate of drug-likeness (QED) is 0.0261. The van der Waals surface area contributed by atoms with Crippen LogP contribution in [0.5, 0.6) is 0 Å². The number of allylic oxidation sites excluding steroid dienone is 19. The lowest BCUT2D eigenvalue weighted by molar-refractivity contribution is -0.302. The second kappa shape index (κ2) is 67.5. The van der Waals surface area contributed by atoms with Crippen LogP contribution in [0.15, 0.2) is 122 Å². The van der Waals surface area contributed by atoms with Gasteiger partial charge in [0.25, 0.3) is 0 Å². The topological polar surface area (TPSA) is 149 Å². The van der Waals surface area contributed by atoms with Crippen molar-refractivity contribution >= 4 is 5.91 Å². The molecule has 0 aromatic rings. The molecule has 9 nitrogen and oxygen atoms in total. The molecule has 512 valence electrons. The van der Waals surface area contributed by atoms with Gasteiger partial charge >= 0.3 is 0 Å². The molecule has 7 atom stereocenters. The third-order valence-electron chi connectivity index (χ3n) is 17.0. The van der Waals surface area contributed by atoms with E-state index in [0.717, 1.165) is 103 Å². The predicted molar refractivity (Wildman–Crippen MR) is 382 cm³/mol. The molecule has 9 heteroatoms. The van der Waals surface area contributed by atoms with Crippen LogP contribution in [0.25, 0.3) is 0 Å². The molecule has 0 aliphatic carbocycles. The number of hydrogen-bond donors (Lipinski definition) is 6. The highest BCUT2D eigenvalue weighted by Gasteiger charge is 2.44. The molecule has 0 saturated carbocycles. The Bertz CT molecular complexity index is 1830. The van der Waals surface area contributed by atoms with E-state index in [2.05, 4.69) is 129 Å². The molecule has 0 aromatic heterocycles. The number of rotatable bonds is 64. The zero-order valence-corrected chi connectivity index (χ0v) is 57.4. The molecule has 0 aromatic carbocycles. The van der Waals surface area contributed by atoms with Crippen LogP contribution in [-0.4, -0.2) is 87.5 Å². The monoisotopic (exact) mass is 1240 g/mol. The molecular weight excluding hydrogens is 1100 g/mol. The van der Waals surface area contributed by atoms with Gasteiger partial charge < -0.3 is 40.3 Å². The minimum atomic E-state index is -1.58. The Balaban J connectivity index is 2.15. The van der Waals surface area contributed by atoms with Crippen LogP contribution in [0, 0.1) is 0 Å². The first-order chi connectivity index (χ1) is 43.8. The van der Waals surface area contributed by atoms with E-state index in [1.165, 1.54) is 199 Å². The van der Waals surface area contributed by atoms with Gasteiger partial charge in [-0.15, -0.1) is 0 Å². The van der Waals surface area contributed by atoms with Crippen LogP contribution in [0.3, 0.4) is 0 Å². The fourth-order valence-electron chi connectivity index (χ4n) is 11.3. The van der Waals surface area contributed by atoms with Crippen molar-refractivity contribution in [2.24, 2.45) is 0 Å². The van der Waals surface area contributed by atoms with Crippen LogP contribution in [0.4, 0.5) is 0 Å². The van der Waals surface area contributed by atoms with Gasteiger partial charge in [-0.1, -0.05) is 341 Å². The van der Waals surface area contributed by atoms with Gasteiger partial charge in [-0.3, -0.25) is 4.79 Å². The van der Waals surface area contributed by atoms with Crippen molar-refractivity contribution in [2.75, 3.05) is 13.2 Å². The number of aliphatic hydroxyl groups excluding tert-OH is 5. The molecule has 6 N–H and O–H groups in total. The molecule has 1 heterocycles. The molecule has 1 fully saturated rings. The first kappa shape index (κ1) is 83.6. The summed E-state index contributed by atoms with van der Waals surface area (Å²) >= 11 is 0. The van der Waals surface area contributed by atoms with Gasteiger partial charge in [0, 0.05) is 6.42 Å². The van der Waals surface area contributed by atoms with Gasteiger partial charge in [-0.05, 0) is 96.3 Å². The Kier molecular flexibility index (Phi) is 63.4. The summed E-state index contributed by atoms with van der Waals surface area (Å²) in [7, 11) is 0. The maximum atomic E-state index is 13.1. The van der Waals surface area contributed by atoms with Crippen molar-refractivity contribution in [3.05, 3.63) is 122 Å². The third kappa shape index (κ3) is 55.9. The zero-order valence-electron chi connectivity index (χ0n) is 57.4. The molecule has 1 aliphatic heterocycles. The Morgan fingerprint density at radius 1 is 0.393 bits per heavy atom. The lowest BCUT2D eigenvalue weighted by atomic mass is 9.99. The molecule has 1 amide bonds.